The predicted octanol–water partition coefficient (Wildman–Crippen LogP) is 3.48. The van der Waals surface area contributed by atoms with Crippen molar-refractivity contribution in [1.82, 2.24) is 0 Å². The maximum Gasteiger partial charge on any atom is 0.328 e. The van der Waals surface area contributed by atoms with Crippen LogP contribution < -0.4 is 5.32 Å². The molecule has 1 N–H and O–H groups in total. The number of carbonyl (C=O) groups excluding carboxylic acids is 1. The van der Waals surface area contributed by atoms with Crippen LogP contribution in [0.25, 0.3) is 0 Å². The van der Waals surface area contributed by atoms with Gasteiger partial charge in [0.1, 0.15) is 6.04 Å². The molecule has 0 heterocycles. The molecule has 4 heteroatoms. The van der Waals surface area contributed by atoms with E-state index in [1.54, 1.807) is 0 Å². The van der Waals surface area contributed by atoms with Crippen molar-refractivity contribution in [2.24, 2.45) is 5.92 Å². The van der Waals surface area contributed by atoms with Crippen LogP contribution in [-0.4, -0.2) is 18.6 Å². The molecule has 0 saturated heterocycles. The SMILES string of the molecule is CCOC(=O)C(Nc1cccc(Cl)c1)C1CCC1. The first-order valence-corrected chi connectivity index (χ1v) is 6.77. The molecule has 1 saturated carbocycles. The number of benzene rings is 1. The van der Waals surface area contributed by atoms with E-state index in [2.05, 4.69) is 5.32 Å². The summed E-state index contributed by atoms with van der Waals surface area (Å²) in [5, 5.41) is 3.91. The topological polar surface area (TPSA) is 38.3 Å². The van der Waals surface area contributed by atoms with Gasteiger partial charge in [0.05, 0.1) is 6.61 Å². The van der Waals surface area contributed by atoms with Crippen LogP contribution in [0.1, 0.15) is 26.2 Å². The van der Waals surface area contributed by atoms with E-state index in [-0.39, 0.29) is 12.0 Å². The van der Waals surface area contributed by atoms with Gasteiger partial charge in [-0.25, -0.2) is 4.79 Å². The van der Waals surface area contributed by atoms with Crippen molar-refractivity contribution in [1.29, 1.82) is 0 Å². The van der Waals surface area contributed by atoms with Gasteiger partial charge in [-0.05, 0) is 43.9 Å². The molecule has 0 radical (unpaired) electrons. The average Bonchev–Trinajstić information content (AvgIpc) is 2.26. The van der Waals surface area contributed by atoms with Crippen LogP contribution in [0.4, 0.5) is 5.69 Å². The first kappa shape index (κ1) is 13.2. The molecule has 0 spiro atoms. The Bertz CT molecular complexity index is 418. The van der Waals surface area contributed by atoms with E-state index in [1.165, 1.54) is 6.42 Å². The van der Waals surface area contributed by atoms with Crippen LogP contribution in [-0.2, 0) is 9.53 Å². The highest BCUT2D eigenvalue weighted by molar-refractivity contribution is 6.30. The van der Waals surface area contributed by atoms with Gasteiger partial charge in [-0.15, -0.1) is 0 Å². The van der Waals surface area contributed by atoms with Gasteiger partial charge in [0.15, 0.2) is 0 Å². The van der Waals surface area contributed by atoms with Crippen LogP contribution in [0.2, 0.25) is 5.02 Å². The Morgan fingerprint density at radius 2 is 2.33 bits per heavy atom. The van der Waals surface area contributed by atoms with Crippen molar-refractivity contribution in [3.05, 3.63) is 29.3 Å². The van der Waals surface area contributed by atoms with E-state index in [9.17, 15) is 4.79 Å². The summed E-state index contributed by atoms with van der Waals surface area (Å²) in [6, 6.07) is 7.17. The fraction of sp³-hybridized carbons (Fsp3) is 0.500. The number of anilines is 1. The second-order valence-corrected chi connectivity index (χ2v) is 5.01. The lowest BCUT2D eigenvalue weighted by molar-refractivity contribution is -0.146. The fourth-order valence-electron chi connectivity index (χ4n) is 2.13. The summed E-state index contributed by atoms with van der Waals surface area (Å²) in [5.74, 6) is 0.213. The Morgan fingerprint density at radius 1 is 1.56 bits per heavy atom. The molecular weight excluding hydrogens is 250 g/mol. The van der Waals surface area contributed by atoms with Gasteiger partial charge in [0.25, 0.3) is 0 Å². The molecule has 2 rings (SSSR count). The summed E-state index contributed by atoms with van der Waals surface area (Å²) in [5.41, 5.74) is 0.868. The Hall–Kier alpha value is -1.22. The normalized spacial score (nSPS) is 16.8. The van der Waals surface area contributed by atoms with Crippen LogP contribution in [0.5, 0.6) is 0 Å². The minimum atomic E-state index is -0.253. The second kappa shape index (κ2) is 6.10. The molecular formula is C14H18ClNO2. The number of rotatable bonds is 5. The molecule has 1 unspecified atom stereocenters. The number of esters is 1. The smallest absolute Gasteiger partial charge is 0.328 e. The minimum Gasteiger partial charge on any atom is -0.464 e. The van der Waals surface area contributed by atoms with Gasteiger partial charge in [0.2, 0.25) is 0 Å². The van der Waals surface area contributed by atoms with Crippen molar-refractivity contribution in [3.8, 4) is 0 Å². The molecule has 1 aromatic carbocycles. The third-order valence-electron chi connectivity index (χ3n) is 3.31. The third-order valence-corrected chi connectivity index (χ3v) is 3.54. The highest BCUT2D eigenvalue weighted by atomic mass is 35.5. The summed E-state index contributed by atoms with van der Waals surface area (Å²) in [6.45, 7) is 2.24. The van der Waals surface area contributed by atoms with E-state index in [0.717, 1.165) is 18.5 Å². The molecule has 3 nitrogen and oxygen atoms in total. The first-order chi connectivity index (χ1) is 8.70. The van der Waals surface area contributed by atoms with Gasteiger partial charge in [-0.1, -0.05) is 24.1 Å². The van der Waals surface area contributed by atoms with Crippen LogP contribution in [0, 0.1) is 5.92 Å². The van der Waals surface area contributed by atoms with Gasteiger partial charge in [0, 0.05) is 10.7 Å². The summed E-state index contributed by atoms with van der Waals surface area (Å²) in [4.78, 5) is 11.9. The Kier molecular flexibility index (Phi) is 4.48. The van der Waals surface area contributed by atoms with Crippen LogP contribution in [0.15, 0.2) is 24.3 Å². The molecule has 0 aromatic heterocycles. The van der Waals surface area contributed by atoms with Gasteiger partial charge in [-0.3, -0.25) is 0 Å². The fourth-order valence-corrected chi connectivity index (χ4v) is 2.32. The van der Waals surface area contributed by atoms with E-state index in [4.69, 9.17) is 16.3 Å². The molecule has 1 fully saturated rings. The second-order valence-electron chi connectivity index (χ2n) is 4.58. The monoisotopic (exact) mass is 267 g/mol. The zero-order valence-electron chi connectivity index (χ0n) is 10.5. The molecule has 1 aromatic rings. The highest BCUT2D eigenvalue weighted by Gasteiger charge is 2.33. The number of nitrogens with one attached hydrogen (secondary N) is 1. The third kappa shape index (κ3) is 3.16. The van der Waals surface area contributed by atoms with E-state index >= 15 is 0 Å². The molecule has 1 atom stereocenters. The molecule has 1 aliphatic carbocycles. The van der Waals surface area contributed by atoms with Gasteiger partial charge in [-0.2, -0.15) is 0 Å². The van der Waals surface area contributed by atoms with Gasteiger partial charge >= 0.3 is 5.97 Å². The zero-order chi connectivity index (χ0) is 13.0. The molecule has 98 valence electrons. The van der Waals surface area contributed by atoms with Crippen LogP contribution in [0.3, 0.4) is 0 Å². The quantitative estimate of drug-likeness (QED) is 0.830. The Balaban J connectivity index is 2.06. The molecule has 0 amide bonds. The van der Waals surface area contributed by atoms with E-state index in [0.29, 0.717) is 17.5 Å². The van der Waals surface area contributed by atoms with Crippen molar-refractivity contribution in [2.45, 2.75) is 32.2 Å². The number of halogens is 1. The lowest BCUT2D eigenvalue weighted by Gasteiger charge is -2.33. The van der Waals surface area contributed by atoms with Crippen molar-refractivity contribution in [2.75, 3.05) is 11.9 Å². The number of hydrogen-bond acceptors (Lipinski definition) is 3. The van der Waals surface area contributed by atoms with E-state index in [1.807, 2.05) is 31.2 Å². The Morgan fingerprint density at radius 3 is 2.89 bits per heavy atom. The Labute approximate surface area is 112 Å². The average molecular weight is 268 g/mol. The molecule has 0 bridgehead atoms. The standard InChI is InChI=1S/C14H18ClNO2/c1-2-18-14(17)13(10-5-3-6-10)16-12-8-4-7-11(15)9-12/h4,7-10,13,16H,2-3,5-6H2,1H3. The molecule has 1 aliphatic rings. The summed E-state index contributed by atoms with van der Waals surface area (Å²) < 4.78 is 5.13. The number of ether oxygens (including phenoxy) is 1. The molecule has 0 aliphatic heterocycles. The number of hydrogen-bond donors (Lipinski definition) is 1. The summed E-state index contributed by atoms with van der Waals surface area (Å²) >= 11 is 5.94. The highest BCUT2D eigenvalue weighted by Crippen LogP contribution is 2.32. The van der Waals surface area contributed by atoms with Crippen molar-refractivity contribution in [3.63, 3.8) is 0 Å². The van der Waals surface area contributed by atoms with Crippen LogP contribution >= 0.6 is 11.6 Å². The summed E-state index contributed by atoms with van der Waals surface area (Å²) in [7, 11) is 0. The van der Waals surface area contributed by atoms with Crippen molar-refractivity contribution >= 4 is 23.3 Å². The zero-order valence-corrected chi connectivity index (χ0v) is 11.2. The summed E-state index contributed by atoms with van der Waals surface area (Å²) in [6.07, 6.45) is 3.35. The maximum absolute atomic E-state index is 11.9. The maximum atomic E-state index is 11.9. The lowest BCUT2D eigenvalue weighted by atomic mass is 9.79. The van der Waals surface area contributed by atoms with E-state index < -0.39 is 0 Å². The van der Waals surface area contributed by atoms with Gasteiger partial charge < -0.3 is 10.1 Å². The van der Waals surface area contributed by atoms with Crippen molar-refractivity contribution < 1.29 is 9.53 Å². The largest absolute Gasteiger partial charge is 0.464 e. The molecule has 18 heavy (non-hydrogen) atoms. The number of carbonyl (C=O) groups is 1. The predicted molar refractivity (Wildman–Crippen MR) is 72.8 cm³/mol. The minimum absolute atomic E-state index is 0.165. The first-order valence-electron chi connectivity index (χ1n) is 6.39. The lowest BCUT2D eigenvalue weighted by Crippen LogP contribution is -2.41.